The summed E-state index contributed by atoms with van der Waals surface area (Å²) in [5, 5.41) is 4.17. The van der Waals surface area contributed by atoms with Gasteiger partial charge in [0.2, 0.25) is 5.88 Å². The van der Waals surface area contributed by atoms with E-state index in [1.54, 1.807) is 19.5 Å². The van der Waals surface area contributed by atoms with Gasteiger partial charge in [-0.15, -0.1) is 0 Å². The second-order valence-electron chi connectivity index (χ2n) is 4.39. The highest BCUT2D eigenvalue weighted by atomic mass is 35.5. The molecule has 0 spiro atoms. The molecule has 0 radical (unpaired) electrons. The highest BCUT2D eigenvalue weighted by Gasteiger charge is 2.20. The monoisotopic (exact) mass is 291 g/mol. The Morgan fingerprint density at radius 2 is 2.10 bits per heavy atom. The molecule has 0 saturated heterocycles. The largest absolute Gasteiger partial charge is 0.480 e. The molecule has 4 nitrogen and oxygen atoms in total. The van der Waals surface area contributed by atoms with Crippen molar-refractivity contribution in [2.45, 2.75) is 19.4 Å². The zero-order valence-corrected chi connectivity index (χ0v) is 12.4. The lowest BCUT2D eigenvalue weighted by molar-refractivity contribution is 0.382. The molecule has 0 bridgehead atoms. The average Bonchev–Trinajstić information content (AvgIpc) is 2.48. The van der Waals surface area contributed by atoms with E-state index >= 15 is 0 Å². The molecular weight excluding hydrogens is 274 g/mol. The summed E-state index contributed by atoms with van der Waals surface area (Å²) in [5.74, 6) is 0.529. The van der Waals surface area contributed by atoms with Crippen LogP contribution in [0.15, 0.2) is 36.7 Å². The third-order valence-electron chi connectivity index (χ3n) is 2.94. The van der Waals surface area contributed by atoms with Crippen LogP contribution in [0.4, 0.5) is 0 Å². The van der Waals surface area contributed by atoms with Crippen LogP contribution in [-0.2, 0) is 0 Å². The number of benzene rings is 1. The van der Waals surface area contributed by atoms with Crippen LogP contribution in [0.3, 0.4) is 0 Å². The summed E-state index contributed by atoms with van der Waals surface area (Å²) in [5.41, 5.74) is 1.82. The van der Waals surface area contributed by atoms with E-state index in [1.165, 1.54) is 0 Å². The number of nitrogens with zero attached hydrogens (tertiary/aromatic N) is 2. The van der Waals surface area contributed by atoms with Crippen LogP contribution in [-0.4, -0.2) is 23.6 Å². The Morgan fingerprint density at radius 3 is 2.80 bits per heavy atom. The van der Waals surface area contributed by atoms with Gasteiger partial charge < -0.3 is 10.1 Å². The normalized spacial score (nSPS) is 12.2. The third kappa shape index (κ3) is 3.46. The number of hydrogen-bond acceptors (Lipinski definition) is 4. The van der Waals surface area contributed by atoms with E-state index in [9.17, 15) is 0 Å². The lowest BCUT2D eigenvalue weighted by atomic mass is 10.0. The van der Waals surface area contributed by atoms with Crippen LogP contribution < -0.4 is 10.1 Å². The highest BCUT2D eigenvalue weighted by Crippen LogP contribution is 2.27. The van der Waals surface area contributed by atoms with Crippen molar-refractivity contribution < 1.29 is 4.74 Å². The van der Waals surface area contributed by atoms with Crippen molar-refractivity contribution in [3.63, 3.8) is 0 Å². The van der Waals surface area contributed by atoms with E-state index in [1.807, 2.05) is 24.3 Å². The maximum absolute atomic E-state index is 6.09. The molecule has 0 aliphatic rings. The maximum atomic E-state index is 6.09. The van der Waals surface area contributed by atoms with Crippen LogP contribution in [0.25, 0.3) is 0 Å². The number of halogens is 1. The van der Waals surface area contributed by atoms with Crippen LogP contribution >= 0.6 is 11.6 Å². The second-order valence-corrected chi connectivity index (χ2v) is 4.83. The number of rotatable bonds is 6. The number of methoxy groups -OCH3 is 1. The molecule has 1 atom stereocenters. The first kappa shape index (κ1) is 14.8. The Morgan fingerprint density at radius 1 is 1.30 bits per heavy atom. The Balaban J connectivity index is 2.41. The standard InChI is InChI=1S/C15H18ClN3O/c1-3-7-17-13(11-5-4-6-12(16)10-11)14-15(20-2)19-9-8-18-14/h4-6,8-10,13,17H,3,7H2,1-2H3. The smallest absolute Gasteiger partial charge is 0.237 e. The van der Waals surface area contributed by atoms with Gasteiger partial charge in [0, 0.05) is 17.4 Å². The van der Waals surface area contributed by atoms with Gasteiger partial charge in [0.05, 0.1) is 13.2 Å². The average molecular weight is 292 g/mol. The summed E-state index contributed by atoms with van der Waals surface area (Å²) in [6, 6.07) is 7.66. The highest BCUT2D eigenvalue weighted by molar-refractivity contribution is 6.30. The van der Waals surface area contributed by atoms with E-state index in [4.69, 9.17) is 16.3 Å². The second kappa shape index (κ2) is 7.22. The summed E-state index contributed by atoms with van der Waals surface area (Å²) < 4.78 is 5.31. The van der Waals surface area contributed by atoms with E-state index in [-0.39, 0.29) is 6.04 Å². The van der Waals surface area contributed by atoms with Crippen molar-refractivity contribution in [2.24, 2.45) is 0 Å². The van der Waals surface area contributed by atoms with Gasteiger partial charge in [-0.2, -0.15) is 0 Å². The van der Waals surface area contributed by atoms with E-state index in [0.717, 1.165) is 24.2 Å². The number of ether oxygens (including phenoxy) is 1. The summed E-state index contributed by atoms with van der Waals surface area (Å²) in [7, 11) is 1.60. The Bertz CT molecular complexity index is 562. The molecule has 1 aromatic carbocycles. The molecular formula is C15H18ClN3O. The molecule has 106 valence electrons. The lowest BCUT2D eigenvalue weighted by Crippen LogP contribution is -2.24. The molecule has 1 unspecified atom stereocenters. The molecule has 0 aliphatic carbocycles. The topological polar surface area (TPSA) is 47.0 Å². The number of hydrogen-bond donors (Lipinski definition) is 1. The van der Waals surface area contributed by atoms with Crippen LogP contribution in [0.1, 0.15) is 30.6 Å². The van der Waals surface area contributed by atoms with Gasteiger partial charge in [-0.05, 0) is 30.7 Å². The minimum atomic E-state index is -0.0858. The van der Waals surface area contributed by atoms with Gasteiger partial charge in [0.1, 0.15) is 5.69 Å². The zero-order chi connectivity index (χ0) is 14.4. The molecule has 2 aromatic rings. The summed E-state index contributed by atoms with van der Waals surface area (Å²) in [4.78, 5) is 8.63. The number of aromatic nitrogens is 2. The van der Waals surface area contributed by atoms with Crippen molar-refractivity contribution in [2.75, 3.05) is 13.7 Å². The molecule has 1 aromatic heterocycles. The molecule has 20 heavy (non-hydrogen) atoms. The van der Waals surface area contributed by atoms with Gasteiger partial charge in [-0.25, -0.2) is 4.98 Å². The number of nitrogens with one attached hydrogen (secondary N) is 1. The quantitative estimate of drug-likeness (QED) is 0.888. The molecule has 5 heteroatoms. The fourth-order valence-corrected chi connectivity index (χ4v) is 2.24. The first-order chi connectivity index (χ1) is 9.76. The van der Waals surface area contributed by atoms with Crippen molar-refractivity contribution >= 4 is 11.6 Å². The minimum absolute atomic E-state index is 0.0858. The van der Waals surface area contributed by atoms with Crippen molar-refractivity contribution in [3.8, 4) is 5.88 Å². The molecule has 1 N–H and O–H groups in total. The fourth-order valence-electron chi connectivity index (χ4n) is 2.04. The first-order valence-corrected chi connectivity index (χ1v) is 6.97. The fraction of sp³-hybridized carbons (Fsp3) is 0.333. The molecule has 0 fully saturated rings. The Kier molecular flexibility index (Phi) is 5.32. The Labute approximate surface area is 124 Å². The zero-order valence-electron chi connectivity index (χ0n) is 11.6. The van der Waals surface area contributed by atoms with Crippen LogP contribution in [0.5, 0.6) is 5.88 Å². The van der Waals surface area contributed by atoms with Gasteiger partial charge >= 0.3 is 0 Å². The molecule has 0 saturated carbocycles. The summed E-state index contributed by atoms with van der Waals surface area (Å²) in [6.45, 7) is 2.99. The van der Waals surface area contributed by atoms with E-state index in [2.05, 4.69) is 22.2 Å². The lowest BCUT2D eigenvalue weighted by Gasteiger charge is -2.20. The van der Waals surface area contributed by atoms with Crippen LogP contribution in [0.2, 0.25) is 5.02 Å². The third-order valence-corrected chi connectivity index (χ3v) is 3.17. The predicted octanol–water partition coefficient (Wildman–Crippen LogP) is 3.23. The molecule has 0 aliphatic heterocycles. The summed E-state index contributed by atoms with van der Waals surface area (Å²) in [6.07, 6.45) is 4.32. The maximum Gasteiger partial charge on any atom is 0.237 e. The minimum Gasteiger partial charge on any atom is -0.480 e. The van der Waals surface area contributed by atoms with Gasteiger partial charge in [-0.3, -0.25) is 4.98 Å². The van der Waals surface area contributed by atoms with E-state index in [0.29, 0.717) is 10.9 Å². The SMILES string of the molecule is CCCNC(c1cccc(Cl)c1)c1nccnc1OC. The van der Waals surface area contributed by atoms with Crippen LogP contribution in [0, 0.1) is 0 Å². The van der Waals surface area contributed by atoms with Crippen molar-refractivity contribution in [1.82, 2.24) is 15.3 Å². The summed E-state index contributed by atoms with van der Waals surface area (Å²) >= 11 is 6.09. The van der Waals surface area contributed by atoms with Crippen molar-refractivity contribution in [3.05, 3.63) is 52.9 Å². The van der Waals surface area contributed by atoms with E-state index < -0.39 is 0 Å². The van der Waals surface area contributed by atoms with Crippen molar-refractivity contribution in [1.29, 1.82) is 0 Å². The predicted molar refractivity (Wildman–Crippen MR) is 80.2 cm³/mol. The first-order valence-electron chi connectivity index (χ1n) is 6.60. The Hall–Kier alpha value is -1.65. The van der Waals surface area contributed by atoms with Gasteiger partial charge in [-0.1, -0.05) is 30.7 Å². The molecule has 1 heterocycles. The molecule has 0 amide bonds. The van der Waals surface area contributed by atoms with Gasteiger partial charge in [0.25, 0.3) is 0 Å². The van der Waals surface area contributed by atoms with Gasteiger partial charge in [0.15, 0.2) is 0 Å². The molecule has 2 rings (SSSR count).